The molecule has 0 bridgehead atoms. The van der Waals surface area contributed by atoms with Crippen molar-refractivity contribution < 1.29 is 4.21 Å². The Bertz CT molecular complexity index is 575. The third-order valence-electron chi connectivity index (χ3n) is 2.13. The average molecular weight is 234 g/mol. The second-order valence-electron chi connectivity index (χ2n) is 3.22. The Hall–Kier alpha value is -1.75. The van der Waals surface area contributed by atoms with E-state index in [1.165, 1.54) is 10.7 Å². The minimum atomic E-state index is -1.01. The number of rotatable bonds is 2. The van der Waals surface area contributed by atoms with Crippen molar-refractivity contribution in [3.63, 3.8) is 0 Å². The summed E-state index contributed by atoms with van der Waals surface area (Å²) in [5, 5.41) is 3.95. The topological polar surface area (TPSA) is 52.0 Å². The molecule has 5 heteroatoms. The molecule has 0 spiro atoms. The molecule has 0 amide bonds. The van der Waals surface area contributed by atoms with Crippen LogP contribution in [0.3, 0.4) is 0 Å². The Morgan fingerprint density at radius 1 is 1.19 bits per heavy atom. The van der Waals surface area contributed by atoms with E-state index < -0.39 is 10.8 Å². The summed E-state index contributed by atoms with van der Waals surface area (Å²) in [5.74, 6) is 0. The van der Waals surface area contributed by atoms with Crippen LogP contribution in [-0.4, -0.2) is 20.2 Å². The molecule has 1 aromatic carbocycles. The van der Waals surface area contributed by atoms with Crippen LogP contribution in [0.15, 0.2) is 52.3 Å². The average Bonchev–Trinajstić information content (AvgIpc) is 2.30. The minimum absolute atomic E-state index is 0.187. The van der Waals surface area contributed by atoms with Gasteiger partial charge in [0.25, 0.3) is 5.56 Å². The molecule has 2 rings (SSSR count). The lowest BCUT2D eigenvalue weighted by molar-refractivity contribution is 0.686. The molecule has 1 heterocycles. The van der Waals surface area contributed by atoms with E-state index in [0.717, 1.165) is 4.90 Å². The molecule has 82 valence electrons. The summed E-state index contributed by atoms with van der Waals surface area (Å²) in [5.41, 5.74) is 0.479. The Morgan fingerprint density at radius 3 is 2.44 bits per heavy atom. The molecule has 0 radical (unpaired) electrons. The van der Waals surface area contributed by atoms with Gasteiger partial charge in [-0.2, -0.15) is 9.78 Å². The number of hydrogen-bond donors (Lipinski definition) is 0. The Morgan fingerprint density at radius 2 is 1.88 bits per heavy atom. The van der Waals surface area contributed by atoms with Crippen LogP contribution in [0.2, 0.25) is 0 Å². The first-order chi connectivity index (χ1) is 7.68. The lowest BCUT2D eigenvalue weighted by atomic mass is 10.3. The molecular weight excluding hydrogens is 224 g/mol. The molecule has 0 saturated heterocycles. The molecule has 4 nitrogen and oxygen atoms in total. The summed E-state index contributed by atoms with van der Waals surface area (Å²) in [4.78, 5) is 12.2. The molecule has 2 aromatic rings. The predicted molar refractivity (Wildman–Crippen MR) is 62.2 cm³/mol. The van der Waals surface area contributed by atoms with Crippen LogP contribution in [-0.2, 0) is 10.8 Å². The number of benzene rings is 1. The largest absolute Gasteiger partial charge is 0.271 e. The van der Waals surface area contributed by atoms with Gasteiger partial charge in [0.2, 0.25) is 0 Å². The summed E-state index contributed by atoms with van der Waals surface area (Å²) >= 11 is 0. The van der Waals surface area contributed by atoms with Crippen LogP contribution in [0.25, 0.3) is 5.69 Å². The van der Waals surface area contributed by atoms with E-state index in [0.29, 0.717) is 5.69 Å². The minimum Gasteiger partial charge on any atom is -0.267 e. The van der Waals surface area contributed by atoms with Gasteiger partial charge in [-0.1, -0.05) is 0 Å². The second-order valence-corrected chi connectivity index (χ2v) is 4.60. The Kier molecular flexibility index (Phi) is 2.96. The van der Waals surface area contributed by atoms with Gasteiger partial charge in [0.1, 0.15) is 0 Å². The summed E-state index contributed by atoms with van der Waals surface area (Å²) in [6.07, 6.45) is 3.16. The lowest BCUT2D eigenvalue weighted by Gasteiger charge is -2.03. The second kappa shape index (κ2) is 4.40. The fraction of sp³-hybridized carbons (Fsp3) is 0.0909. The van der Waals surface area contributed by atoms with Crippen molar-refractivity contribution in [1.82, 2.24) is 9.78 Å². The zero-order valence-electron chi connectivity index (χ0n) is 8.66. The molecular formula is C11H10N2O2S. The van der Waals surface area contributed by atoms with E-state index in [-0.39, 0.29) is 5.56 Å². The molecule has 0 N–H and O–H groups in total. The van der Waals surface area contributed by atoms with Gasteiger partial charge in [-0.3, -0.25) is 9.00 Å². The van der Waals surface area contributed by atoms with E-state index in [2.05, 4.69) is 5.10 Å². The standard InChI is InChI=1S/C11H10N2O2S/c1-16(15)10-6-4-9(5-7-10)13-11(14)3-2-8-12-13/h2-8H,1H3. The molecule has 0 aliphatic rings. The van der Waals surface area contributed by atoms with Crippen LogP contribution in [0.5, 0.6) is 0 Å². The first-order valence-corrected chi connectivity index (χ1v) is 6.22. The van der Waals surface area contributed by atoms with Gasteiger partial charge in [0.05, 0.1) is 5.69 Å². The summed E-state index contributed by atoms with van der Waals surface area (Å²) in [7, 11) is -1.01. The number of hydrogen-bond acceptors (Lipinski definition) is 3. The zero-order chi connectivity index (χ0) is 11.5. The quantitative estimate of drug-likeness (QED) is 0.778. The van der Waals surface area contributed by atoms with Crippen molar-refractivity contribution in [3.8, 4) is 5.69 Å². The normalized spacial score (nSPS) is 12.3. The molecule has 0 fully saturated rings. The van der Waals surface area contributed by atoms with Crippen LogP contribution in [0.4, 0.5) is 0 Å². The maximum atomic E-state index is 11.5. The van der Waals surface area contributed by atoms with Crippen LogP contribution < -0.4 is 5.56 Å². The molecule has 16 heavy (non-hydrogen) atoms. The van der Waals surface area contributed by atoms with Gasteiger partial charge < -0.3 is 0 Å². The van der Waals surface area contributed by atoms with E-state index in [4.69, 9.17) is 0 Å². The first-order valence-electron chi connectivity index (χ1n) is 4.67. The van der Waals surface area contributed by atoms with Crippen LogP contribution in [0.1, 0.15) is 0 Å². The third-order valence-corrected chi connectivity index (χ3v) is 3.06. The summed E-state index contributed by atoms with van der Waals surface area (Å²) in [6, 6.07) is 9.95. The van der Waals surface area contributed by atoms with Gasteiger partial charge in [0.15, 0.2) is 0 Å². The molecule has 1 atom stereocenters. The van der Waals surface area contributed by atoms with Gasteiger partial charge in [-0.05, 0) is 30.3 Å². The third kappa shape index (κ3) is 2.09. The van der Waals surface area contributed by atoms with Crippen molar-refractivity contribution in [3.05, 3.63) is 52.9 Å². The summed E-state index contributed by atoms with van der Waals surface area (Å²) < 4.78 is 12.5. The highest BCUT2D eigenvalue weighted by atomic mass is 32.2. The monoisotopic (exact) mass is 234 g/mol. The fourth-order valence-electron chi connectivity index (χ4n) is 1.33. The molecule has 0 aliphatic heterocycles. The van der Waals surface area contributed by atoms with E-state index in [1.807, 2.05) is 0 Å². The Balaban J connectivity index is 2.47. The highest BCUT2D eigenvalue weighted by Gasteiger charge is 2.01. The van der Waals surface area contributed by atoms with E-state index in [1.54, 1.807) is 42.8 Å². The van der Waals surface area contributed by atoms with E-state index in [9.17, 15) is 9.00 Å². The lowest BCUT2D eigenvalue weighted by Crippen LogP contribution is -2.18. The first kappa shape index (κ1) is 10.8. The molecule has 1 unspecified atom stereocenters. The van der Waals surface area contributed by atoms with Crippen molar-refractivity contribution in [2.24, 2.45) is 0 Å². The van der Waals surface area contributed by atoms with E-state index >= 15 is 0 Å². The maximum absolute atomic E-state index is 11.5. The highest BCUT2D eigenvalue weighted by Crippen LogP contribution is 2.09. The fourth-order valence-corrected chi connectivity index (χ4v) is 1.85. The number of nitrogens with zero attached hydrogens (tertiary/aromatic N) is 2. The Labute approximate surface area is 95.0 Å². The van der Waals surface area contributed by atoms with Gasteiger partial charge in [0, 0.05) is 34.2 Å². The molecule has 0 saturated carbocycles. The maximum Gasteiger partial charge on any atom is 0.271 e. The molecule has 0 aliphatic carbocycles. The number of aromatic nitrogens is 2. The zero-order valence-corrected chi connectivity index (χ0v) is 9.48. The van der Waals surface area contributed by atoms with Crippen molar-refractivity contribution >= 4 is 10.8 Å². The van der Waals surface area contributed by atoms with Gasteiger partial charge >= 0.3 is 0 Å². The predicted octanol–water partition coefficient (Wildman–Crippen LogP) is 0.970. The smallest absolute Gasteiger partial charge is 0.267 e. The van der Waals surface area contributed by atoms with Crippen molar-refractivity contribution in [2.75, 3.05) is 6.26 Å². The summed E-state index contributed by atoms with van der Waals surface area (Å²) in [6.45, 7) is 0. The van der Waals surface area contributed by atoms with Crippen molar-refractivity contribution in [2.45, 2.75) is 4.90 Å². The van der Waals surface area contributed by atoms with Crippen LogP contribution in [0, 0.1) is 0 Å². The van der Waals surface area contributed by atoms with Crippen LogP contribution >= 0.6 is 0 Å². The highest BCUT2D eigenvalue weighted by molar-refractivity contribution is 7.84. The van der Waals surface area contributed by atoms with Gasteiger partial charge in [-0.15, -0.1) is 0 Å². The molecule has 1 aromatic heterocycles. The SMILES string of the molecule is CS(=O)c1ccc(-n2ncccc2=O)cc1. The van der Waals surface area contributed by atoms with Crippen molar-refractivity contribution in [1.29, 1.82) is 0 Å². The van der Waals surface area contributed by atoms with Gasteiger partial charge in [-0.25, -0.2) is 0 Å².